The van der Waals surface area contributed by atoms with Gasteiger partial charge < -0.3 is 9.84 Å². The van der Waals surface area contributed by atoms with Gasteiger partial charge in [-0.15, -0.1) is 0 Å². The van der Waals surface area contributed by atoms with Crippen LogP contribution in [0.15, 0.2) is 18.2 Å². The lowest BCUT2D eigenvalue weighted by Crippen LogP contribution is -2.30. The number of carboxylic acids is 1. The van der Waals surface area contributed by atoms with Crippen LogP contribution in [0.5, 0.6) is 0 Å². The fourth-order valence-electron chi connectivity index (χ4n) is 2.34. The maximum atomic E-state index is 11.0. The van der Waals surface area contributed by atoms with Crippen LogP contribution in [0.1, 0.15) is 30.4 Å². The summed E-state index contributed by atoms with van der Waals surface area (Å²) in [5.41, 5.74) is 2.23. The molecule has 0 bridgehead atoms. The number of benzene rings is 1. The SMILES string of the molecule is CCc1cc(Cl)cc(C2CNC(OC(=O)C(=O)O)C2)c1. The Kier molecular flexibility index (Phi) is 4.62. The fraction of sp³-hybridized carbons (Fsp3) is 0.429. The van der Waals surface area contributed by atoms with E-state index < -0.39 is 18.2 Å². The lowest BCUT2D eigenvalue weighted by molar-refractivity contribution is -0.167. The number of aliphatic carboxylic acids is 1. The Balaban J connectivity index is 2.04. The molecule has 6 heteroatoms. The van der Waals surface area contributed by atoms with Crippen LogP contribution in [0.4, 0.5) is 0 Å². The minimum atomic E-state index is -1.58. The molecule has 20 heavy (non-hydrogen) atoms. The number of esters is 1. The van der Waals surface area contributed by atoms with Crippen LogP contribution in [0.25, 0.3) is 0 Å². The predicted octanol–water partition coefficient (Wildman–Crippen LogP) is 1.93. The number of carboxylic acid groups (broad SMARTS) is 1. The van der Waals surface area contributed by atoms with E-state index in [0.29, 0.717) is 18.0 Å². The molecule has 1 saturated heterocycles. The van der Waals surface area contributed by atoms with Gasteiger partial charge >= 0.3 is 11.9 Å². The van der Waals surface area contributed by atoms with Gasteiger partial charge in [0, 0.05) is 23.9 Å². The van der Waals surface area contributed by atoms with Crippen molar-refractivity contribution in [1.82, 2.24) is 5.32 Å². The number of ether oxygens (including phenoxy) is 1. The van der Waals surface area contributed by atoms with Gasteiger partial charge in [-0.25, -0.2) is 9.59 Å². The highest BCUT2D eigenvalue weighted by molar-refractivity contribution is 6.30. The number of carbonyl (C=O) groups is 2. The quantitative estimate of drug-likeness (QED) is 0.658. The Hall–Kier alpha value is -1.59. The van der Waals surface area contributed by atoms with E-state index in [4.69, 9.17) is 21.4 Å². The Bertz CT molecular complexity index is 532. The van der Waals surface area contributed by atoms with Gasteiger partial charge in [0.2, 0.25) is 0 Å². The largest absolute Gasteiger partial charge is 0.473 e. The molecule has 1 aromatic carbocycles. The summed E-state index contributed by atoms with van der Waals surface area (Å²) in [6.07, 6.45) is 0.876. The lowest BCUT2D eigenvalue weighted by atomic mass is 9.96. The third-order valence-electron chi connectivity index (χ3n) is 3.37. The van der Waals surface area contributed by atoms with Crippen molar-refractivity contribution < 1.29 is 19.4 Å². The number of carbonyl (C=O) groups excluding carboxylic acids is 1. The topological polar surface area (TPSA) is 75.6 Å². The Morgan fingerprint density at radius 2 is 2.20 bits per heavy atom. The monoisotopic (exact) mass is 297 g/mol. The number of aryl methyl sites for hydroxylation is 1. The molecule has 2 N–H and O–H groups in total. The molecule has 1 heterocycles. The van der Waals surface area contributed by atoms with Gasteiger partial charge in [0.25, 0.3) is 0 Å². The number of halogens is 1. The van der Waals surface area contributed by atoms with E-state index in [-0.39, 0.29) is 5.92 Å². The van der Waals surface area contributed by atoms with Gasteiger partial charge in [-0.3, -0.25) is 5.32 Å². The average Bonchev–Trinajstić information content (AvgIpc) is 2.86. The first-order chi connectivity index (χ1) is 9.49. The van der Waals surface area contributed by atoms with Crippen molar-refractivity contribution in [3.05, 3.63) is 34.3 Å². The summed E-state index contributed by atoms with van der Waals surface area (Å²) >= 11 is 6.09. The molecule has 2 atom stereocenters. The molecule has 1 aliphatic heterocycles. The third kappa shape index (κ3) is 3.49. The minimum Gasteiger partial charge on any atom is -0.473 e. The van der Waals surface area contributed by atoms with E-state index in [1.54, 1.807) is 0 Å². The van der Waals surface area contributed by atoms with Crippen molar-refractivity contribution in [1.29, 1.82) is 0 Å². The van der Waals surface area contributed by atoms with Crippen LogP contribution in [0.3, 0.4) is 0 Å². The lowest BCUT2D eigenvalue weighted by Gasteiger charge is -2.12. The van der Waals surface area contributed by atoms with E-state index >= 15 is 0 Å². The summed E-state index contributed by atoms with van der Waals surface area (Å²) in [6.45, 7) is 2.68. The maximum Gasteiger partial charge on any atom is 0.418 e. The second kappa shape index (κ2) is 6.24. The summed E-state index contributed by atoms with van der Waals surface area (Å²) in [5.74, 6) is -2.65. The van der Waals surface area contributed by atoms with Crippen molar-refractivity contribution in [2.45, 2.75) is 31.9 Å². The van der Waals surface area contributed by atoms with Crippen LogP contribution in [0.2, 0.25) is 5.02 Å². The van der Waals surface area contributed by atoms with Gasteiger partial charge in [0.15, 0.2) is 6.23 Å². The molecule has 0 amide bonds. The number of rotatable bonds is 3. The van der Waals surface area contributed by atoms with Gasteiger partial charge in [-0.1, -0.05) is 24.6 Å². The molecule has 2 unspecified atom stereocenters. The molecule has 0 radical (unpaired) electrons. The third-order valence-corrected chi connectivity index (χ3v) is 3.59. The Labute approximate surface area is 121 Å². The molecule has 0 spiro atoms. The van der Waals surface area contributed by atoms with E-state index in [1.165, 1.54) is 0 Å². The zero-order valence-electron chi connectivity index (χ0n) is 11.1. The minimum absolute atomic E-state index is 0.158. The molecule has 5 nitrogen and oxygen atoms in total. The number of nitrogens with one attached hydrogen (secondary N) is 1. The van der Waals surface area contributed by atoms with Crippen LogP contribution in [0, 0.1) is 0 Å². The van der Waals surface area contributed by atoms with Gasteiger partial charge in [0.1, 0.15) is 0 Å². The van der Waals surface area contributed by atoms with Crippen molar-refractivity contribution in [3.63, 3.8) is 0 Å². The van der Waals surface area contributed by atoms with Crippen molar-refractivity contribution in [3.8, 4) is 0 Å². The van der Waals surface area contributed by atoms with Crippen molar-refractivity contribution >= 4 is 23.5 Å². The van der Waals surface area contributed by atoms with Crippen LogP contribution >= 0.6 is 11.6 Å². The maximum absolute atomic E-state index is 11.0. The molecule has 108 valence electrons. The first kappa shape index (κ1) is 14.8. The predicted molar refractivity (Wildman–Crippen MR) is 73.7 cm³/mol. The molecule has 1 aromatic rings. The highest BCUT2D eigenvalue weighted by Gasteiger charge is 2.30. The Morgan fingerprint density at radius 1 is 1.45 bits per heavy atom. The van der Waals surface area contributed by atoms with Gasteiger partial charge in [-0.2, -0.15) is 0 Å². The first-order valence-corrected chi connectivity index (χ1v) is 6.84. The molecule has 1 fully saturated rings. The molecule has 0 aliphatic carbocycles. The summed E-state index contributed by atoms with van der Waals surface area (Å²) in [7, 11) is 0. The average molecular weight is 298 g/mol. The van der Waals surface area contributed by atoms with Crippen LogP contribution in [-0.4, -0.2) is 29.8 Å². The second-order valence-corrected chi connectivity index (χ2v) is 5.22. The molecule has 1 aliphatic rings. The smallest absolute Gasteiger partial charge is 0.418 e. The van der Waals surface area contributed by atoms with E-state index in [2.05, 4.69) is 18.3 Å². The van der Waals surface area contributed by atoms with E-state index in [0.717, 1.165) is 17.5 Å². The van der Waals surface area contributed by atoms with E-state index in [9.17, 15) is 9.59 Å². The van der Waals surface area contributed by atoms with Gasteiger partial charge in [0.05, 0.1) is 0 Å². The summed E-state index contributed by atoms with van der Waals surface area (Å²) in [6, 6.07) is 5.91. The van der Waals surface area contributed by atoms with Crippen LogP contribution < -0.4 is 5.32 Å². The fourth-order valence-corrected chi connectivity index (χ4v) is 2.60. The van der Waals surface area contributed by atoms with E-state index in [1.807, 2.05) is 12.1 Å². The molecule has 2 rings (SSSR count). The zero-order valence-corrected chi connectivity index (χ0v) is 11.8. The number of hydrogen-bond acceptors (Lipinski definition) is 4. The highest BCUT2D eigenvalue weighted by atomic mass is 35.5. The Morgan fingerprint density at radius 3 is 2.85 bits per heavy atom. The van der Waals surface area contributed by atoms with Crippen molar-refractivity contribution in [2.24, 2.45) is 0 Å². The normalized spacial score (nSPS) is 21.7. The molecular weight excluding hydrogens is 282 g/mol. The van der Waals surface area contributed by atoms with Crippen LogP contribution in [-0.2, 0) is 20.7 Å². The standard InChI is InChI=1S/C14H16ClNO4/c1-2-8-3-9(5-11(15)4-8)10-6-12(16-7-10)20-14(19)13(17)18/h3-5,10,12,16H,2,6-7H2,1H3,(H,17,18). The zero-order chi connectivity index (χ0) is 14.7. The number of hydrogen-bond donors (Lipinski definition) is 2. The molecular formula is C14H16ClNO4. The van der Waals surface area contributed by atoms with Crippen molar-refractivity contribution in [2.75, 3.05) is 6.54 Å². The van der Waals surface area contributed by atoms with Gasteiger partial charge in [-0.05, 0) is 29.7 Å². The summed E-state index contributed by atoms with van der Waals surface area (Å²) in [4.78, 5) is 21.5. The summed E-state index contributed by atoms with van der Waals surface area (Å²) < 4.78 is 4.83. The first-order valence-electron chi connectivity index (χ1n) is 6.46. The highest BCUT2D eigenvalue weighted by Crippen LogP contribution is 2.29. The molecule has 0 saturated carbocycles. The molecule has 0 aromatic heterocycles. The second-order valence-electron chi connectivity index (χ2n) is 4.79. The summed E-state index contributed by atoms with van der Waals surface area (Å²) in [5, 5.41) is 12.2.